The molecule has 0 atom stereocenters. The van der Waals surface area contributed by atoms with Gasteiger partial charge in [-0.2, -0.15) is 10.4 Å². The van der Waals surface area contributed by atoms with Gasteiger partial charge in [0.25, 0.3) is 0 Å². The van der Waals surface area contributed by atoms with Crippen LogP contribution in [0.4, 0.5) is 0 Å². The Kier molecular flexibility index (Phi) is 7.87. The summed E-state index contributed by atoms with van der Waals surface area (Å²) in [5.41, 5.74) is 8.10. The molecule has 175 valence electrons. The minimum absolute atomic E-state index is 0. The normalized spacial score (nSPS) is 10.9. The Morgan fingerprint density at radius 2 is 1.59 bits per heavy atom. The molecule has 0 amide bonds. The van der Waals surface area contributed by atoms with Gasteiger partial charge in [0.1, 0.15) is 5.82 Å². The molecule has 34 heavy (non-hydrogen) atoms. The van der Waals surface area contributed by atoms with Gasteiger partial charge in [-0.05, 0) is 54.0 Å². The number of nitriles is 1. The maximum atomic E-state index is 9.67. The van der Waals surface area contributed by atoms with Gasteiger partial charge in [0.2, 0.25) is 0 Å². The third-order valence-corrected chi connectivity index (χ3v) is 5.99. The molecule has 4 nitrogen and oxygen atoms in total. The van der Waals surface area contributed by atoms with Crippen LogP contribution in [0.25, 0.3) is 28.2 Å². The molecule has 4 rings (SSSR count). The van der Waals surface area contributed by atoms with Gasteiger partial charge in [0.15, 0.2) is 0 Å². The zero-order valence-corrected chi connectivity index (χ0v) is 22.9. The van der Waals surface area contributed by atoms with Gasteiger partial charge in [-0.3, -0.25) is 9.67 Å². The molecular weight excluding hydrogens is 597 g/mol. The van der Waals surface area contributed by atoms with Gasteiger partial charge in [0, 0.05) is 20.1 Å². The molecule has 1 aromatic heterocycles. The molecule has 0 aliphatic rings. The van der Waals surface area contributed by atoms with E-state index in [2.05, 4.69) is 64.1 Å². The molecule has 0 spiro atoms. The second kappa shape index (κ2) is 10.5. The van der Waals surface area contributed by atoms with Crippen molar-refractivity contribution in [3.63, 3.8) is 0 Å². The maximum absolute atomic E-state index is 9.67. The van der Waals surface area contributed by atoms with Crippen molar-refractivity contribution in [2.45, 2.75) is 53.4 Å². The predicted molar refractivity (Wildman–Crippen MR) is 133 cm³/mol. The van der Waals surface area contributed by atoms with E-state index in [-0.39, 0.29) is 20.1 Å². The van der Waals surface area contributed by atoms with Crippen molar-refractivity contribution in [3.8, 4) is 34.3 Å². The van der Waals surface area contributed by atoms with Gasteiger partial charge in [-0.1, -0.05) is 63.6 Å². The van der Waals surface area contributed by atoms with Crippen molar-refractivity contribution >= 4 is 0 Å². The number of hydrogen-bond donors (Lipinski definition) is 0. The minimum Gasteiger partial charge on any atom is -0.262 e. The first kappa shape index (κ1) is 25.6. The Morgan fingerprint density at radius 3 is 2.21 bits per heavy atom. The number of nitrogens with zero attached hydrogens (tertiary/aromatic N) is 4. The fourth-order valence-corrected chi connectivity index (χ4v) is 4.40. The van der Waals surface area contributed by atoms with E-state index >= 15 is 0 Å². The van der Waals surface area contributed by atoms with Crippen LogP contribution < -0.4 is 0 Å². The molecule has 0 fully saturated rings. The van der Waals surface area contributed by atoms with Crippen LogP contribution in [-0.2, 0) is 20.1 Å². The van der Waals surface area contributed by atoms with Crippen molar-refractivity contribution < 1.29 is 20.1 Å². The summed E-state index contributed by atoms with van der Waals surface area (Å²) in [6, 6.07) is 24.0. The van der Waals surface area contributed by atoms with E-state index in [0.717, 1.165) is 33.8 Å². The Balaban J connectivity index is 0.00000324. The average Bonchev–Trinajstić information content (AvgIpc) is 3.19. The summed E-state index contributed by atoms with van der Waals surface area (Å²) >= 11 is 0. The van der Waals surface area contributed by atoms with Crippen molar-refractivity contribution in [1.29, 1.82) is 5.26 Å². The molecule has 0 aliphatic heterocycles. The smallest absolute Gasteiger partial charge is 0.137 e. The van der Waals surface area contributed by atoms with Crippen molar-refractivity contribution in [1.82, 2.24) is 14.8 Å². The summed E-state index contributed by atoms with van der Waals surface area (Å²) in [4.78, 5) is 4.81. The van der Waals surface area contributed by atoms with Crippen LogP contribution >= 0.6 is 0 Å². The first-order valence-electron chi connectivity index (χ1n) is 11.4. The van der Waals surface area contributed by atoms with E-state index in [0.29, 0.717) is 23.2 Å². The van der Waals surface area contributed by atoms with Crippen LogP contribution in [0.2, 0.25) is 0 Å². The van der Waals surface area contributed by atoms with Gasteiger partial charge in [-0.25, -0.2) is 0 Å². The van der Waals surface area contributed by atoms with E-state index in [1.807, 2.05) is 48.9 Å². The van der Waals surface area contributed by atoms with Crippen molar-refractivity contribution in [2.24, 2.45) is 0 Å². The van der Waals surface area contributed by atoms with Crippen molar-refractivity contribution in [3.05, 3.63) is 88.7 Å². The van der Waals surface area contributed by atoms with E-state index in [1.165, 1.54) is 11.1 Å². The van der Waals surface area contributed by atoms with E-state index in [9.17, 15) is 5.26 Å². The SMILES string of the molecule is Cc1nc(-c2[c-]ccc(-c3c(C)cccc3C#N)c2)n(-c2c(C(C)C)cccc2C(C)C)n1.[Ir]. The first-order chi connectivity index (χ1) is 15.8. The monoisotopic (exact) mass is 626 g/mol. The number of para-hydroxylation sites is 1. The second-order valence-corrected chi connectivity index (χ2v) is 9.09. The van der Waals surface area contributed by atoms with Crippen LogP contribution in [-0.4, -0.2) is 14.8 Å². The summed E-state index contributed by atoms with van der Waals surface area (Å²) in [6.07, 6.45) is 0. The molecule has 0 saturated heterocycles. The van der Waals surface area contributed by atoms with E-state index < -0.39 is 0 Å². The van der Waals surface area contributed by atoms with Crippen LogP contribution in [0.3, 0.4) is 0 Å². The molecule has 5 heteroatoms. The zero-order valence-electron chi connectivity index (χ0n) is 20.5. The molecule has 4 aromatic rings. The largest absolute Gasteiger partial charge is 0.262 e. The molecule has 0 saturated carbocycles. The molecule has 1 radical (unpaired) electrons. The molecule has 0 aliphatic carbocycles. The number of aryl methyl sites for hydroxylation is 2. The summed E-state index contributed by atoms with van der Waals surface area (Å²) < 4.78 is 1.98. The minimum atomic E-state index is 0. The van der Waals surface area contributed by atoms with E-state index in [1.54, 1.807) is 0 Å². The molecule has 0 N–H and O–H groups in total. The predicted octanol–water partition coefficient (Wildman–Crippen LogP) is 7.13. The topological polar surface area (TPSA) is 54.5 Å². The van der Waals surface area contributed by atoms with Gasteiger partial charge >= 0.3 is 0 Å². The fraction of sp³-hybridized carbons (Fsp3) is 0.276. The van der Waals surface area contributed by atoms with Gasteiger partial charge < -0.3 is 0 Å². The first-order valence-corrected chi connectivity index (χ1v) is 11.4. The summed E-state index contributed by atoms with van der Waals surface area (Å²) in [5, 5.41) is 14.5. The Labute approximate surface area is 216 Å². The third-order valence-electron chi connectivity index (χ3n) is 5.99. The zero-order chi connectivity index (χ0) is 23.7. The summed E-state index contributed by atoms with van der Waals surface area (Å²) in [7, 11) is 0. The molecule has 3 aromatic carbocycles. The van der Waals surface area contributed by atoms with Gasteiger partial charge in [0.05, 0.1) is 23.1 Å². The Morgan fingerprint density at radius 1 is 0.941 bits per heavy atom. The number of rotatable bonds is 5. The average molecular weight is 626 g/mol. The van der Waals surface area contributed by atoms with Crippen LogP contribution in [0.15, 0.2) is 54.6 Å². The maximum Gasteiger partial charge on any atom is 0.137 e. The van der Waals surface area contributed by atoms with Crippen LogP contribution in [0.5, 0.6) is 0 Å². The number of hydrogen-bond acceptors (Lipinski definition) is 3. The molecule has 1 heterocycles. The Bertz CT molecular complexity index is 1330. The standard InChI is InChI=1S/C29H29N4.Ir/c1-18(2)25-14-9-15-26(19(3)4)28(25)33-29(31-21(6)32-33)23-12-8-11-22(16-23)27-20(5)10-7-13-24(27)17-30;/h7-11,13-16,18-19H,1-6H3;/q-1;. The summed E-state index contributed by atoms with van der Waals surface area (Å²) in [5.74, 6) is 2.16. The third kappa shape index (κ3) is 4.75. The van der Waals surface area contributed by atoms with Crippen molar-refractivity contribution in [2.75, 3.05) is 0 Å². The quantitative estimate of drug-likeness (QED) is 0.222. The molecule has 0 bridgehead atoms. The fourth-order valence-electron chi connectivity index (χ4n) is 4.40. The number of benzene rings is 3. The van der Waals surface area contributed by atoms with Gasteiger partial charge in [-0.15, -0.1) is 29.8 Å². The second-order valence-electron chi connectivity index (χ2n) is 9.09. The molecule has 0 unspecified atom stereocenters. The summed E-state index contributed by atoms with van der Waals surface area (Å²) in [6.45, 7) is 12.8. The number of aromatic nitrogens is 3. The molecular formula is C29H29IrN4-. The van der Waals surface area contributed by atoms with Crippen LogP contribution in [0.1, 0.15) is 67.6 Å². The van der Waals surface area contributed by atoms with Crippen LogP contribution in [0, 0.1) is 31.2 Å². The van der Waals surface area contributed by atoms with E-state index in [4.69, 9.17) is 10.1 Å². The Hall–Kier alpha value is -3.06.